The Balaban J connectivity index is 2.21. The van der Waals surface area contributed by atoms with Gasteiger partial charge in [0.15, 0.2) is 0 Å². The molecule has 0 saturated carbocycles. The molecule has 3 N–H and O–H groups in total. The molecular formula is C11H18N4O3. The van der Waals surface area contributed by atoms with Gasteiger partial charge in [-0.1, -0.05) is 0 Å². The molecule has 0 radical (unpaired) electrons. The monoisotopic (exact) mass is 254 g/mol. The van der Waals surface area contributed by atoms with Gasteiger partial charge in [0, 0.05) is 37.8 Å². The molecule has 7 nitrogen and oxygen atoms in total. The summed E-state index contributed by atoms with van der Waals surface area (Å²) >= 11 is 0. The van der Waals surface area contributed by atoms with Gasteiger partial charge in [0.05, 0.1) is 6.20 Å². The SMILES string of the molecule is Cc1c(CNC(=O)NCCCC(=O)O)cnn1C. The third kappa shape index (κ3) is 4.44. The summed E-state index contributed by atoms with van der Waals surface area (Å²) in [6, 6.07) is -0.302. The van der Waals surface area contributed by atoms with Crippen LogP contribution < -0.4 is 10.6 Å². The summed E-state index contributed by atoms with van der Waals surface area (Å²) in [5, 5.41) is 17.8. The Morgan fingerprint density at radius 2 is 2.17 bits per heavy atom. The number of hydrogen-bond acceptors (Lipinski definition) is 3. The number of urea groups is 1. The first-order chi connectivity index (χ1) is 8.50. The number of nitrogens with one attached hydrogen (secondary N) is 2. The molecule has 100 valence electrons. The zero-order valence-electron chi connectivity index (χ0n) is 10.6. The lowest BCUT2D eigenvalue weighted by atomic mass is 10.2. The number of hydrogen-bond donors (Lipinski definition) is 3. The van der Waals surface area contributed by atoms with Crippen molar-refractivity contribution < 1.29 is 14.7 Å². The summed E-state index contributed by atoms with van der Waals surface area (Å²) in [6.45, 7) is 2.68. The minimum absolute atomic E-state index is 0.0575. The molecule has 0 aliphatic rings. The molecule has 0 unspecified atom stereocenters. The number of carboxylic acids is 1. The summed E-state index contributed by atoms with van der Waals surface area (Å²) in [5.74, 6) is -0.858. The van der Waals surface area contributed by atoms with E-state index < -0.39 is 5.97 Å². The Bertz CT molecular complexity index is 428. The number of carbonyl (C=O) groups excluding carboxylic acids is 1. The maximum absolute atomic E-state index is 11.4. The third-order valence-corrected chi connectivity index (χ3v) is 2.63. The number of aromatic nitrogens is 2. The highest BCUT2D eigenvalue weighted by Gasteiger charge is 2.05. The highest BCUT2D eigenvalue weighted by molar-refractivity contribution is 5.73. The molecule has 0 fully saturated rings. The van der Waals surface area contributed by atoms with E-state index in [9.17, 15) is 9.59 Å². The molecule has 0 atom stereocenters. The quantitative estimate of drug-likeness (QED) is 0.640. The maximum atomic E-state index is 11.4. The van der Waals surface area contributed by atoms with Crippen LogP contribution in [0, 0.1) is 6.92 Å². The van der Waals surface area contributed by atoms with E-state index in [2.05, 4.69) is 15.7 Å². The molecule has 1 aromatic rings. The number of aliphatic carboxylic acids is 1. The second kappa shape index (κ2) is 6.63. The number of amides is 2. The third-order valence-electron chi connectivity index (χ3n) is 2.63. The molecule has 0 aliphatic heterocycles. The van der Waals surface area contributed by atoms with Crippen molar-refractivity contribution in [2.75, 3.05) is 6.54 Å². The standard InChI is InChI=1S/C11H18N4O3/c1-8-9(7-14-15(8)2)6-13-11(18)12-5-3-4-10(16)17/h7H,3-6H2,1-2H3,(H,16,17)(H2,12,13,18). The van der Waals surface area contributed by atoms with Crippen LogP contribution in [0.2, 0.25) is 0 Å². The Hall–Kier alpha value is -2.05. The molecular weight excluding hydrogens is 236 g/mol. The van der Waals surface area contributed by atoms with Crippen LogP contribution in [0.25, 0.3) is 0 Å². The van der Waals surface area contributed by atoms with Crippen molar-refractivity contribution in [3.05, 3.63) is 17.5 Å². The van der Waals surface area contributed by atoms with Crippen molar-refractivity contribution in [1.29, 1.82) is 0 Å². The van der Waals surface area contributed by atoms with Gasteiger partial charge in [-0.15, -0.1) is 0 Å². The summed E-state index contributed by atoms with van der Waals surface area (Å²) in [5.41, 5.74) is 1.96. The largest absolute Gasteiger partial charge is 0.481 e. The van der Waals surface area contributed by atoms with Crippen molar-refractivity contribution in [2.24, 2.45) is 7.05 Å². The molecule has 0 spiro atoms. The van der Waals surface area contributed by atoms with E-state index in [1.807, 2.05) is 14.0 Å². The smallest absolute Gasteiger partial charge is 0.315 e. The molecule has 7 heteroatoms. The van der Waals surface area contributed by atoms with Crippen LogP contribution in [0.3, 0.4) is 0 Å². The first-order valence-electron chi connectivity index (χ1n) is 5.71. The summed E-state index contributed by atoms with van der Waals surface area (Å²) in [4.78, 5) is 21.6. The summed E-state index contributed by atoms with van der Waals surface area (Å²) in [6.07, 6.45) is 2.19. The van der Waals surface area contributed by atoms with E-state index in [4.69, 9.17) is 5.11 Å². The normalized spacial score (nSPS) is 10.1. The average Bonchev–Trinajstić information content (AvgIpc) is 2.63. The fourth-order valence-corrected chi connectivity index (χ4v) is 1.40. The number of carbonyl (C=O) groups is 2. The molecule has 0 aromatic carbocycles. The topological polar surface area (TPSA) is 96.2 Å². The van der Waals surface area contributed by atoms with Crippen LogP contribution in [0.1, 0.15) is 24.1 Å². The van der Waals surface area contributed by atoms with Crippen molar-refractivity contribution in [3.8, 4) is 0 Å². The van der Waals surface area contributed by atoms with Gasteiger partial charge in [0.25, 0.3) is 0 Å². The van der Waals surface area contributed by atoms with Crippen molar-refractivity contribution in [3.63, 3.8) is 0 Å². The van der Waals surface area contributed by atoms with Crippen LogP contribution in [0.4, 0.5) is 4.79 Å². The van der Waals surface area contributed by atoms with E-state index in [1.165, 1.54) is 0 Å². The molecule has 1 rings (SSSR count). The van der Waals surface area contributed by atoms with E-state index in [-0.39, 0.29) is 12.5 Å². The first kappa shape index (κ1) is 14.0. The van der Waals surface area contributed by atoms with Crippen LogP contribution in [-0.2, 0) is 18.4 Å². The second-order valence-corrected chi connectivity index (χ2v) is 3.99. The van der Waals surface area contributed by atoms with Gasteiger partial charge in [0.1, 0.15) is 0 Å². The van der Waals surface area contributed by atoms with Crippen LogP contribution in [0.5, 0.6) is 0 Å². The zero-order valence-corrected chi connectivity index (χ0v) is 10.6. The predicted octanol–water partition coefficient (Wildman–Crippen LogP) is 0.393. The molecule has 1 aromatic heterocycles. The Morgan fingerprint density at radius 3 is 2.72 bits per heavy atom. The maximum Gasteiger partial charge on any atom is 0.315 e. The molecule has 2 amide bonds. The molecule has 1 heterocycles. The van der Waals surface area contributed by atoms with Gasteiger partial charge in [-0.05, 0) is 13.3 Å². The first-order valence-corrected chi connectivity index (χ1v) is 5.71. The number of carboxylic acid groups (broad SMARTS) is 1. The molecule has 0 saturated heterocycles. The Labute approximate surface area is 105 Å². The van der Waals surface area contributed by atoms with Gasteiger partial charge in [-0.2, -0.15) is 5.10 Å². The lowest BCUT2D eigenvalue weighted by molar-refractivity contribution is -0.137. The van der Waals surface area contributed by atoms with Gasteiger partial charge in [0.2, 0.25) is 0 Å². The number of nitrogens with zero attached hydrogens (tertiary/aromatic N) is 2. The summed E-state index contributed by atoms with van der Waals surface area (Å²) < 4.78 is 1.74. The highest BCUT2D eigenvalue weighted by Crippen LogP contribution is 2.04. The van der Waals surface area contributed by atoms with Crippen molar-refractivity contribution >= 4 is 12.0 Å². The molecule has 0 aliphatic carbocycles. The minimum Gasteiger partial charge on any atom is -0.481 e. The van der Waals surface area contributed by atoms with Gasteiger partial charge < -0.3 is 15.7 Å². The lowest BCUT2D eigenvalue weighted by Crippen LogP contribution is -2.35. The second-order valence-electron chi connectivity index (χ2n) is 3.99. The number of rotatable bonds is 6. The fraction of sp³-hybridized carbons (Fsp3) is 0.545. The van der Waals surface area contributed by atoms with Crippen LogP contribution in [-0.4, -0.2) is 33.4 Å². The van der Waals surface area contributed by atoms with E-state index in [0.717, 1.165) is 11.3 Å². The Kier molecular flexibility index (Phi) is 5.16. The highest BCUT2D eigenvalue weighted by atomic mass is 16.4. The summed E-state index contributed by atoms with van der Waals surface area (Å²) in [7, 11) is 1.84. The van der Waals surface area contributed by atoms with Gasteiger partial charge >= 0.3 is 12.0 Å². The van der Waals surface area contributed by atoms with Crippen LogP contribution >= 0.6 is 0 Å². The Morgan fingerprint density at radius 1 is 1.44 bits per heavy atom. The van der Waals surface area contributed by atoms with Gasteiger partial charge in [-0.25, -0.2) is 4.79 Å². The molecule has 0 bridgehead atoms. The van der Waals surface area contributed by atoms with Crippen molar-refractivity contribution in [1.82, 2.24) is 20.4 Å². The van der Waals surface area contributed by atoms with Gasteiger partial charge in [-0.3, -0.25) is 9.48 Å². The fourth-order valence-electron chi connectivity index (χ4n) is 1.40. The predicted molar refractivity (Wildman–Crippen MR) is 65.1 cm³/mol. The van der Waals surface area contributed by atoms with E-state index in [0.29, 0.717) is 19.5 Å². The van der Waals surface area contributed by atoms with Crippen LogP contribution in [0.15, 0.2) is 6.20 Å². The lowest BCUT2D eigenvalue weighted by Gasteiger charge is -2.06. The van der Waals surface area contributed by atoms with E-state index in [1.54, 1.807) is 10.9 Å². The minimum atomic E-state index is -0.858. The van der Waals surface area contributed by atoms with Crippen molar-refractivity contribution in [2.45, 2.75) is 26.3 Å². The number of aryl methyl sites for hydroxylation is 1. The van der Waals surface area contributed by atoms with E-state index >= 15 is 0 Å². The zero-order chi connectivity index (χ0) is 13.5. The average molecular weight is 254 g/mol. The molecule has 18 heavy (non-hydrogen) atoms.